The molecule has 0 saturated carbocycles. The number of carbonyl (C=O) groups is 2. The number of H-pyrrole nitrogens is 1. The predicted molar refractivity (Wildman–Crippen MR) is 106 cm³/mol. The van der Waals surface area contributed by atoms with E-state index in [-0.39, 0.29) is 16.7 Å². The molecule has 0 atom stereocenters. The van der Waals surface area contributed by atoms with Crippen molar-refractivity contribution in [2.75, 3.05) is 11.1 Å². The number of benzene rings is 1. The number of amides is 1. The Kier molecular flexibility index (Phi) is 6.43. The quantitative estimate of drug-likeness (QED) is 0.700. The molecule has 1 amide bonds. The Labute approximate surface area is 161 Å². The van der Waals surface area contributed by atoms with Gasteiger partial charge in [0.2, 0.25) is 0 Å². The van der Waals surface area contributed by atoms with Crippen molar-refractivity contribution >= 4 is 29.3 Å². The first-order valence-electron chi connectivity index (χ1n) is 8.39. The second-order valence-corrected chi connectivity index (χ2v) is 8.15. The molecule has 1 aromatic heterocycles. The molecule has 27 heavy (non-hydrogen) atoms. The Bertz CT molecular complexity index is 916. The van der Waals surface area contributed by atoms with Gasteiger partial charge in [0, 0.05) is 16.9 Å². The van der Waals surface area contributed by atoms with E-state index in [9.17, 15) is 14.4 Å². The number of nitrogens with one attached hydrogen (secondary N) is 2. The van der Waals surface area contributed by atoms with Crippen LogP contribution in [0.3, 0.4) is 0 Å². The number of carboxylic acid groups (broad SMARTS) is 1. The fourth-order valence-corrected chi connectivity index (χ4v) is 3.09. The van der Waals surface area contributed by atoms with Gasteiger partial charge in [0.25, 0.3) is 11.5 Å². The van der Waals surface area contributed by atoms with Gasteiger partial charge in [-0.1, -0.05) is 32.9 Å². The van der Waals surface area contributed by atoms with Crippen molar-refractivity contribution in [2.45, 2.75) is 38.9 Å². The zero-order valence-corrected chi connectivity index (χ0v) is 16.6. The Morgan fingerprint density at radius 3 is 2.59 bits per heavy atom. The predicted octanol–water partition coefficient (Wildman–Crippen LogP) is 2.95. The number of hydrogen-bond acceptors (Lipinski definition) is 5. The number of aryl methyl sites for hydroxylation is 1. The zero-order valence-electron chi connectivity index (χ0n) is 15.8. The van der Waals surface area contributed by atoms with Crippen LogP contribution in [0.2, 0.25) is 0 Å². The Balaban J connectivity index is 2.18. The number of rotatable bonds is 6. The number of thioether (sulfide) groups is 1. The van der Waals surface area contributed by atoms with E-state index in [0.29, 0.717) is 23.0 Å². The molecule has 0 bridgehead atoms. The third-order valence-corrected chi connectivity index (χ3v) is 4.71. The topological polar surface area (TPSA) is 112 Å². The summed E-state index contributed by atoms with van der Waals surface area (Å²) in [5, 5.41) is 11.4. The van der Waals surface area contributed by atoms with Gasteiger partial charge in [-0.15, -0.1) is 11.8 Å². The van der Waals surface area contributed by atoms with Crippen molar-refractivity contribution < 1.29 is 14.7 Å². The van der Waals surface area contributed by atoms with Crippen molar-refractivity contribution in [1.29, 1.82) is 0 Å². The molecule has 0 aliphatic rings. The van der Waals surface area contributed by atoms with Crippen LogP contribution in [0, 0.1) is 6.92 Å². The number of aromatic nitrogens is 2. The van der Waals surface area contributed by atoms with E-state index in [1.54, 1.807) is 25.1 Å². The van der Waals surface area contributed by atoms with Crippen LogP contribution >= 0.6 is 11.8 Å². The summed E-state index contributed by atoms with van der Waals surface area (Å²) in [6.07, 6.45) is 0. The van der Waals surface area contributed by atoms with Gasteiger partial charge in [-0.3, -0.25) is 14.4 Å². The summed E-state index contributed by atoms with van der Waals surface area (Å²) >= 11 is 1.27. The van der Waals surface area contributed by atoms with Gasteiger partial charge in [0.05, 0.1) is 11.4 Å². The first kappa shape index (κ1) is 20.7. The highest BCUT2D eigenvalue weighted by molar-refractivity contribution is 7.99. The largest absolute Gasteiger partial charge is 0.481 e. The highest BCUT2D eigenvalue weighted by Crippen LogP contribution is 2.19. The van der Waals surface area contributed by atoms with Gasteiger partial charge in [-0.05, 0) is 24.6 Å². The SMILES string of the molecule is Cc1nc(C(C)(C)C)[nH]c(=O)c1C(=O)Nc1cccc(CSCC(=O)O)c1. The van der Waals surface area contributed by atoms with E-state index < -0.39 is 17.4 Å². The van der Waals surface area contributed by atoms with Gasteiger partial charge in [-0.25, -0.2) is 4.98 Å². The fraction of sp³-hybridized carbons (Fsp3) is 0.368. The molecule has 0 saturated heterocycles. The normalized spacial score (nSPS) is 11.3. The monoisotopic (exact) mass is 389 g/mol. The van der Waals surface area contributed by atoms with Crippen molar-refractivity contribution in [3.05, 3.63) is 57.3 Å². The van der Waals surface area contributed by atoms with Crippen LogP contribution in [0.25, 0.3) is 0 Å². The van der Waals surface area contributed by atoms with Crippen molar-refractivity contribution in [3.8, 4) is 0 Å². The second kappa shape index (κ2) is 8.39. The molecule has 3 N–H and O–H groups in total. The Morgan fingerprint density at radius 1 is 1.30 bits per heavy atom. The number of carboxylic acids is 1. The summed E-state index contributed by atoms with van der Waals surface area (Å²) in [6.45, 7) is 7.42. The summed E-state index contributed by atoms with van der Waals surface area (Å²) < 4.78 is 0. The third-order valence-electron chi connectivity index (χ3n) is 3.72. The van der Waals surface area contributed by atoms with E-state index in [0.717, 1.165) is 5.56 Å². The van der Waals surface area contributed by atoms with Crippen LogP contribution in [0.15, 0.2) is 29.1 Å². The highest BCUT2D eigenvalue weighted by atomic mass is 32.2. The van der Waals surface area contributed by atoms with Crippen molar-refractivity contribution in [1.82, 2.24) is 9.97 Å². The molecular formula is C19H23N3O4S. The molecule has 0 aliphatic heterocycles. The number of aromatic amines is 1. The van der Waals surface area contributed by atoms with E-state index in [2.05, 4.69) is 15.3 Å². The van der Waals surface area contributed by atoms with Gasteiger partial charge in [0.1, 0.15) is 11.4 Å². The minimum absolute atomic E-state index is 0.0109. The smallest absolute Gasteiger partial charge is 0.313 e. The minimum Gasteiger partial charge on any atom is -0.481 e. The fourth-order valence-electron chi connectivity index (χ4n) is 2.40. The molecule has 0 spiro atoms. The van der Waals surface area contributed by atoms with E-state index >= 15 is 0 Å². The highest BCUT2D eigenvalue weighted by Gasteiger charge is 2.22. The average Bonchev–Trinajstić information content (AvgIpc) is 2.53. The molecule has 144 valence electrons. The second-order valence-electron chi connectivity index (χ2n) is 7.17. The molecule has 1 heterocycles. The van der Waals surface area contributed by atoms with Gasteiger partial charge >= 0.3 is 5.97 Å². The van der Waals surface area contributed by atoms with E-state index in [1.165, 1.54) is 11.8 Å². The lowest BCUT2D eigenvalue weighted by Crippen LogP contribution is -2.30. The van der Waals surface area contributed by atoms with Gasteiger partial charge in [-0.2, -0.15) is 0 Å². The molecule has 2 aromatic rings. The van der Waals surface area contributed by atoms with E-state index in [1.807, 2.05) is 26.8 Å². The molecule has 0 radical (unpaired) electrons. The first-order valence-corrected chi connectivity index (χ1v) is 9.54. The van der Waals surface area contributed by atoms with Gasteiger partial charge in [0.15, 0.2) is 0 Å². The lowest BCUT2D eigenvalue weighted by Gasteiger charge is -2.18. The maximum atomic E-state index is 12.6. The molecule has 7 nitrogen and oxygen atoms in total. The number of aliphatic carboxylic acids is 1. The molecule has 8 heteroatoms. The summed E-state index contributed by atoms with van der Waals surface area (Å²) in [5.41, 5.74) is 0.958. The van der Waals surface area contributed by atoms with Crippen LogP contribution in [-0.4, -0.2) is 32.7 Å². The molecule has 0 unspecified atom stereocenters. The lowest BCUT2D eigenvalue weighted by molar-refractivity contribution is -0.133. The molecule has 0 fully saturated rings. The first-order chi connectivity index (χ1) is 12.6. The van der Waals surface area contributed by atoms with Crippen LogP contribution < -0.4 is 10.9 Å². The van der Waals surface area contributed by atoms with Crippen LogP contribution in [0.5, 0.6) is 0 Å². The standard InChI is InChI=1S/C19H23N3O4S/c1-11-15(17(26)22-18(20-11)19(2,3)4)16(25)21-13-7-5-6-12(8-13)9-27-10-14(23)24/h5-8H,9-10H2,1-4H3,(H,21,25)(H,23,24)(H,20,22,26). The van der Waals surface area contributed by atoms with Crippen LogP contribution in [0.1, 0.15) is 48.2 Å². The molecular weight excluding hydrogens is 366 g/mol. The lowest BCUT2D eigenvalue weighted by atomic mass is 9.95. The number of nitrogens with zero attached hydrogens (tertiary/aromatic N) is 1. The molecule has 0 aliphatic carbocycles. The maximum absolute atomic E-state index is 12.6. The zero-order chi connectivity index (χ0) is 20.2. The molecule has 1 aromatic carbocycles. The van der Waals surface area contributed by atoms with Crippen molar-refractivity contribution in [3.63, 3.8) is 0 Å². The van der Waals surface area contributed by atoms with Crippen LogP contribution in [0.4, 0.5) is 5.69 Å². The van der Waals surface area contributed by atoms with Gasteiger partial charge < -0.3 is 15.4 Å². The van der Waals surface area contributed by atoms with Crippen molar-refractivity contribution in [2.24, 2.45) is 0 Å². The number of hydrogen-bond donors (Lipinski definition) is 3. The van der Waals surface area contributed by atoms with E-state index in [4.69, 9.17) is 5.11 Å². The number of anilines is 1. The summed E-state index contributed by atoms with van der Waals surface area (Å²) in [7, 11) is 0. The maximum Gasteiger partial charge on any atom is 0.313 e. The van der Waals surface area contributed by atoms with Crippen LogP contribution in [-0.2, 0) is 16.0 Å². The third kappa shape index (κ3) is 5.68. The summed E-state index contributed by atoms with van der Waals surface area (Å²) in [4.78, 5) is 42.6. The summed E-state index contributed by atoms with van der Waals surface area (Å²) in [6, 6.07) is 7.09. The number of carbonyl (C=O) groups excluding carboxylic acids is 1. The Morgan fingerprint density at radius 2 is 2.00 bits per heavy atom. The minimum atomic E-state index is -0.870. The average molecular weight is 389 g/mol. The summed E-state index contributed by atoms with van der Waals surface area (Å²) in [5.74, 6) is -0.351. The molecule has 2 rings (SSSR count). The Hall–Kier alpha value is -2.61.